The second kappa shape index (κ2) is 9.01. The summed E-state index contributed by atoms with van der Waals surface area (Å²) in [4.78, 5) is 20.2. The van der Waals surface area contributed by atoms with E-state index in [0.717, 1.165) is 10.1 Å². The van der Waals surface area contributed by atoms with Crippen molar-refractivity contribution in [1.29, 1.82) is 0 Å². The number of rotatable bonds is 7. The molecule has 0 fully saturated rings. The first-order valence-corrected chi connectivity index (χ1v) is 9.86. The summed E-state index contributed by atoms with van der Waals surface area (Å²) in [5, 5.41) is 6.44. The Morgan fingerprint density at radius 2 is 1.91 bits per heavy atom. The van der Waals surface area contributed by atoms with Gasteiger partial charge in [-0.2, -0.15) is 18.2 Å². The summed E-state index contributed by atoms with van der Waals surface area (Å²) in [7, 11) is 3.10. The molecule has 3 aromatic rings. The van der Waals surface area contributed by atoms with Crippen LogP contribution in [0.4, 0.5) is 13.2 Å². The maximum absolute atomic E-state index is 12.9. The number of nitrogens with zero attached hydrogens (tertiary/aromatic N) is 4. The van der Waals surface area contributed by atoms with Crippen LogP contribution in [0, 0.1) is 13.8 Å². The van der Waals surface area contributed by atoms with Gasteiger partial charge in [-0.1, -0.05) is 0 Å². The number of methoxy groups -OCH3 is 2. The molecule has 0 bridgehead atoms. The fraction of sp³-hybridized carbons (Fsp3) is 0.429. The van der Waals surface area contributed by atoms with Crippen LogP contribution in [-0.4, -0.2) is 39.7 Å². The van der Waals surface area contributed by atoms with Crippen LogP contribution in [0.2, 0.25) is 0 Å². The molecule has 0 saturated carbocycles. The molecule has 0 spiro atoms. The first kappa shape index (κ1) is 23.3. The minimum absolute atomic E-state index is 0.117. The lowest BCUT2D eigenvalue weighted by atomic mass is 10.0. The summed E-state index contributed by atoms with van der Waals surface area (Å²) in [5.41, 5.74) is 2.38. The second-order valence-electron chi connectivity index (χ2n) is 7.30. The number of halogens is 3. The number of alkyl halides is 3. The molecule has 0 aliphatic carbocycles. The van der Waals surface area contributed by atoms with Gasteiger partial charge in [0.2, 0.25) is 5.91 Å². The van der Waals surface area contributed by atoms with Gasteiger partial charge in [-0.25, -0.2) is 9.50 Å². The molecule has 172 valence electrons. The molecule has 0 aliphatic rings. The summed E-state index contributed by atoms with van der Waals surface area (Å²) in [6.45, 7) is 5.13. The molecular formula is C21H24F3N5O3. The van der Waals surface area contributed by atoms with Gasteiger partial charge in [-0.3, -0.25) is 4.79 Å². The van der Waals surface area contributed by atoms with Crippen LogP contribution in [-0.2, 0) is 17.4 Å². The third kappa shape index (κ3) is 4.76. The monoisotopic (exact) mass is 451 g/mol. The fourth-order valence-corrected chi connectivity index (χ4v) is 3.50. The maximum Gasteiger partial charge on any atom is 0.453 e. The molecule has 1 unspecified atom stereocenters. The molecule has 0 aliphatic heterocycles. The van der Waals surface area contributed by atoms with E-state index in [-0.39, 0.29) is 30.6 Å². The van der Waals surface area contributed by atoms with Crippen LogP contribution < -0.4 is 14.8 Å². The van der Waals surface area contributed by atoms with Crippen LogP contribution in [0.15, 0.2) is 18.2 Å². The van der Waals surface area contributed by atoms with Crippen molar-refractivity contribution in [3.63, 3.8) is 0 Å². The van der Waals surface area contributed by atoms with Crippen LogP contribution in [0.5, 0.6) is 11.5 Å². The lowest BCUT2D eigenvalue weighted by Crippen LogP contribution is -2.27. The first-order chi connectivity index (χ1) is 15.0. The van der Waals surface area contributed by atoms with Gasteiger partial charge in [-0.15, -0.1) is 5.10 Å². The van der Waals surface area contributed by atoms with Crippen molar-refractivity contribution >= 4 is 11.7 Å². The van der Waals surface area contributed by atoms with E-state index in [9.17, 15) is 18.0 Å². The molecule has 0 radical (unpaired) electrons. The summed E-state index contributed by atoms with van der Waals surface area (Å²) >= 11 is 0. The summed E-state index contributed by atoms with van der Waals surface area (Å²) in [6.07, 6.45) is -4.26. The normalized spacial score (nSPS) is 12.6. The Kier molecular flexibility index (Phi) is 6.56. The number of carbonyl (C=O) groups is 1. The van der Waals surface area contributed by atoms with Crippen molar-refractivity contribution in [2.24, 2.45) is 0 Å². The summed E-state index contributed by atoms with van der Waals surface area (Å²) in [5.74, 6) is -0.344. The summed E-state index contributed by atoms with van der Waals surface area (Å²) < 4.78 is 50.5. The van der Waals surface area contributed by atoms with Crippen LogP contribution in [0.3, 0.4) is 0 Å². The zero-order chi connectivity index (χ0) is 23.6. The zero-order valence-electron chi connectivity index (χ0n) is 18.4. The number of fused-ring (bicyclic) bond motifs is 1. The van der Waals surface area contributed by atoms with Gasteiger partial charge in [0.05, 0.1) is 20.3 Å². The Bertz CT molecular complexity index is 1140. The van der Waals surface area contributed by atoms with Crippen molar-refractivity contribution in [3.8, 4) is 11.5 Å². The molecule has 1 N–H and O–H groups in total. The van der Waals surface area contributed by atoms with E-state index in [1.165, 1.54) is 0 Å². The predicted molar refractivity (Wildman–Crippen MR) is 110 cm³/mol. The average molecular weight is 451 g/mol. The average Bonchev–Trinajstić information content (AvgIpc) is 3.17. The molecule has 1 amide bonds. The highest BCUT2D eigenvalue weighted by Gasteiger charge is 2.37. The van der Waals surface area contributed by atoms with E-state index in [4.69, 9.17) is 9.47 Å². The molecule has 8 nitrogen and oxygen atoms in total. The van der Waals surface area contributed by atoms with Gasteiger partial charge in [0.25, 0.3) is 11.6 Å². The number of ether oxygens (including phenoxy) is 2. The van der Waals surface area contributed by atoms with E-state index >= 15 is 0 Å². The predicted octanol–water partition coefficient (Wildman–Crippen LogP) is 3.59. The molecule has 1 atom stereocenters. The van der Waals surface area contributed by atoms with Gasteiger partial charge in [0, 0.05) is 23.4 Å². The van der Waals surface area contributed by atoms with Gasteiger partial charge < -0.3 is 14.8 Å². The Balaban J connectivity index is 1.75. The zero-order valence-corrected chi connectivity index (χ0v) is 18.4. The number of amides is 1. The van der Waals surface area contributed by atoms with E-state index in [1.54, 1.807) is 46.3 Å². The number of aryl methyl sites for hydroxylation is 2. The Morgan fingerprint density at radius 3 is 2.53 bits per heavy atom. The topological polar surface area (TPSA) is 90.6 Å². The van der Waals surface area contributed by atoms with E-state index in [2.05, 4.69) is 20.4 Å². The minimum Gasteiger partial charge on any atom is -0.497 e. The van der Waals surface area contributed by atoms with Crippen LogP contribution >= 0.6 is 0 Å². The first-order valence-electron chi connectivity index (χ1n) is 9.86. The van der Waals surface area contributed by atoms with Crippen LogP contribution in [0.1, 0.15) is 47.7 Å². The number of nitrogens with one attached hydrogen (secondary N) is 1. The molecule has 32 heavy (non-hydrogen) atoms. The highest BCUT2D eigenvalue weighted by molar-refractivity contribution is 5.77. The van der Waals surface area contributed by atoms with Gasteiger partial charge in [0.1, 0.15) is 11.5 Å². The number of hydrogen-bond donors (Lipinski definition) is 1. The molecule has 2 heterocycles. The molecule has 0 saturated heterocycles. The standard InChI is InChI=1S/C21H24F3N5O3/c1-11-15(13(3)29-20(26-11)27-19(28-29)21(22,23)24)7-9-18(30)25-12(2)16-10-14(31-4)6-8-17(16)32-5/h6,8,10,12H,7,9H2,1-5H3,(H,25,30). The third-order valence-electron chi connectivity index (χ3n) is 5.19. The molecule has 3 rings (SSSR count). The molecule has 11 heteroatoms. The summed E-state index contributed by atoms with van der Waals surface area (Å²) in [6, 6.07) is 4.97. The highest BCUT2D eigenvalue weighted by Crippen LogP contribution is 2.30. The van der Waals surface area contributed by atoms with Gasteiger partial charge in [0.15, 0.2) is 0 Å². The fourth-order valence-electron chi connectivity index (χ4n) is 3.50. The highest BCUT2D eigenvalue weighted by atomic mass is 19.4. The van der Waals surface area contributed by atoms with E-state index < -0.39 is 12.0 Å². The Hall–Kier alpha value is -3.37. The number of hydrogen-bond acceptors (Lipinski definition) is 6. The quantitative estimate of drug-likeness (QED) is 0.591. The SMILES string of the molecule is COc1ccc(OC)c(C(C)NC(=O)CCc2c(C)nc3nc(C(F)(F)F)nn3c2C)c1. The van der Waals surface area contributed by atoms with Crippen molar-refractivity contribution in [2.45, 2.75) is 45.8 Å². The Morgan fingerprint density at radius 1 is 1.19 bits per heavy atom. The number of carbonyl (C=O) groups excluding carboxylic acids is 1. The van der Waals surface area contributed by atoms with Gasteiger partial charge in [-0.05, 0) is 51.0 Å². The number of aromatic nitrogens is 4. The minimum atomic E-state index is -4.66. The van der Waals surface area contributed by atoms with Crippen LogP contribution in [0.25, 0.3) is 5.78 Å². The largest absolute Gasteiger partial charge is 0.497 e. The maximum atomic E-state index is 12.9. The molecular weight excluding hydrogens is 427 g/mol. The van der Waals surface area contributed by atoms with Crippen molar-refractivity contribution < 1.29 is 27.4 Å². The smallest absolute Gasteiger partial charge is 0.453 e. The van der Waals surface area contributed by atoms with E-state index in [0.29, 0.717) is 28.5 Å². The lowest BCUT2D eigenvalue weighted by molar-refractivity contribution is -0.144. The van der Waals surface area contributed by atoms with Crippen molar-refractivity contribution in [3.05, 3.63) is 46.5 Å². The van der Waals surface area contributed by atoms with Crippen molar-refractivity contribution in [2.75, 3.05) is 14.2 Å². The number of benzene rings is 1. The third-order valence-corrected chi connectivity index (χ3v) is 5.19. The Labute approximate surface area is 182 Å². The van der Waals surface area contributed by atoms with Crippen molar-refractivity contribution in [1.82, 2.24) is 24.9 Å². The molecule has 1 aromatic carbocycles. The second-order valence-corrected chi connectivity index (χ2v) is 7.30. The lowest BCUT2D eigenvalue weighted by Gasteiger charge is -2.18. The van der Waals surface area contributed by atoms with E-state index in [1.807, 2.05) is 6.92 Å². The molecule has 2 aromatic heterocycles. The van der Waals surface area contributed by atoms with Gasteiger partial charge >= 0.3 is 6.18 Å².